The Bertz CT molecular complexity index is 696. The van der Waals surface area contributed by atoms with E-state index >= 15 is 0 Å². The molecule has 0 bridgehead atoms. The first-order valence-corrected chi connectivity index (χ1v) is 6.28. The Morgan fingerprint density at radius 1 is 1.14 bits per heavy atom. The fourth-order valence-electron chi connectivity index (χ4n) is 1.64. The lowest BCUT2D eigenvalue weighted by Crippen LogP contribution is -2.12. The fourth-order valence-corrected chi connectivity index (χ4v) is 1.64. The molecule has 0 saturated heterocycles. The first-order chi connectivity index (χ1) is 10.3. The third kappa shape index (κ3) is 3.08. The maximum absolute atomic E-state index is 4.32. The van der Waals surface area contributed by atoms with Gasteiger partial charge in [-0.1, -0.05) is 0 Å². The van der Waals surface area contributed by atoms with Gasteiger partial charge in [-0.2, -0.15) is 20.1 Å². The summed E-state index contributed by atoms with van der Waals surface area (Å²) in [6.07, 6.45) is 6.62. The van der Waals surface area contributed by atoms with Crippen LogP contribution in [0.3, 0.4) is 0 Å². The summed E-state index contributed by atoms with van der Waals surface area (Å²) in [5.41, 5.74) is 0.844. The van der Waals surface area contributed by atoms with E-state index in [1.807, 2.05) is 6.07 Å². The maximum Gasteiger partial charge on any atom is 0.257 e. The van der Waals surface area contributed by atoms with Crippen molar-refractivity contribution < 1.29 is 0 Å². The summed E-state index contributed by atoms with van der Waals surface area (Å²) in [7, 11) is 1.75. The topological polar surface area (TPSA) is 106 Å². The van der Waals surface area contributed by atoms with Gasteiger partial charge in [0.15, 0.2) is 0 Å². The van der Waals surface area contributed by atoms with Gasteiger partial charge in [-0.05, 0) is 12.1 Å². The van der Waals surface area contributed by atoms with E-state index in [-0.39, 0.29) is 0 Å². The average molecular weight is 283 g/mol. The predicted octanol–water partition coefficient (Wildman–Crippen LogP) is 0.501. The van der Waals surface area contributed by atoms with Crippen molar-refractivity contribution >= 4 is 11.9 Å². The quantitative estimate of drug-likeness (QED) is 0.697. The third-order valence-electron chi connectivity index (χ3n) is 2.63. The monoisotopic (exact) mass is 283 g/mol. The van der Waals surface area contributed by atoms with Crippen LogP contribution in [0.4, 0.5) is 11.9 Å². The van der Waals surface area contributed by atoms with Gasteiger partial charge in [-0.15, -0.1) is 0 Å². The smallest absolute Gasteiger partial charge is 0.257 e. The van der Waals surface area contributed by atoms with Crippen LogP contribution in [0.1, 0.15) is 5.69 Å². The zero-order chi connectivity index (χ0) is 14.5. The number of hydrogen-bond acceptors (Lipinski definition) is 8. The molecule has 106 valence electrons. The first kappa shape index (κ1) is 12.9. The van der Waals surface area contributed by atoms with Crippen LogP contribution >= 0.6 is 0 Å². The second kappa shape index (κ2) is 5.90. The second-order valence-electron chi connectivity index (χ2n) is 4.04. The van der Waals surface area contributed by atoms with Crippen LogP contribution in [-0.4, -0.2) is 41.7 Å². The summed E-state index contributed by atoms with van der Waals surface area (Å²) >= 11 is 0. The summed E-state index contributed by atoms with van der Waals surface area (Å²) in [6.45, 7) is 0.494. The molecule has 21 heavy (non-hydrogen) atoms. The molecule has 9 heteroatoms. The first-order valence-electron chi connectivity index (χ1n) is 6.28. The highest BCUT2D eigenvalue weighted by Crippen LogP contribution is 2.09. The highest BCUT2D eigenvalue weighted by Gasteiger charge is 2.07. The Hall–Kier alpha value is -3.10. The number of hydrogen-bond donors (Lipinski definition) is 2. The number of rotatable bonds is 5. The Morgan fingerprint density at radius 2 is 2.05 bits per heavy atom. The zero-order valence-electron chi connectivity index (χ0n) is 11.3. The van der Waals surface area contributed by atoms with E-state index in [0.29, 0.717) is 24.4 Å². The number of aromatic nitrogens is 7. The molecular weight excluding hydrogens is 270 g/mol. The highest BCUT2D eigenvalue weighted by atomic mass is 15.4. The number of nitrogens with one attached hydrogen (secondary N) is 2. The van der Waals surface area contributed by atoms with E-state index in [0.717, 1.165) is 5.69 Å². The van der Waals surface area contributed by atoms with E-state index in [1.54, 1.807) is 36.4 Å². The molecule has 0 radical (unpaired) electrons. The Kier molecular flexibility index (Phi) is 3.63. The van der Waals surface area contributed by atoms with Crippen LogP contribution in [0.2, 0.25) is 0 Å². The molecule has 0 aliphatic rings. The van der Waals surface area contributed by atoms with E-state index < -0.39 is 0 Å². The lowest BCUT2D eigenvalue weighted by atomic mass is 10.4. The number of nitrogens with zero attached hydrogens (tertiary/aromatic N) is 7. The Morgan fingerprint density at radius 3 is 2.76 bits per heavy atom. The van der Waals surface area contributed by atoms with Crippen molar-refractivity contribution in [1.82, 2.24) is 34.7 Å². The van der Waals surface area contributed by atoms with Gasteiger partial charge in [0.05, 0.1) is 12.2 Å². The molecule has 2 N–H and O–H groups in total. The minimum absolute atomic E-state index is 0.435. The Balaban J connectivity index is 1.83. The zero-order valence-corrected chi connectivity index (χ0v) is 11.3. The molecule has 0 atom stereocenters. The van der Waals surface area contributed by atoms with Crippen LogP contribution in [-0.2, 0) is 6.54 Å². The predicted molar refractivity (Wildman–Crippen MR) is 75.9 cm³/mol. The SMILES string of the molecule is CNc1nc(NCc2ccncn2)nc(-n2cccn2)n1. The molecule has 0 aliphatic heterocycles. The molecule has 0 spiro atoms. The van der Waals surface area contributed by atoms with Crippen molar-refractivity contribution in [2.45, 2.75) is 6.54 Å². The third-order valence-corrected chi connectivity index (χ3v) is 2.63. The molecule has 3 rings (SSSR count). The fraction of sp³-hybridized carbons (Fsp3) is 0.167. The minimum Gasteiger partial charge on any atom is -0.357 e. The molecule has 0 unspecified atom stereocenters. The molecule has 3 aromatic heterocycles. The van der Waals surface area contributed by atoms with Crippen molar-refractivity contribution in [2.75, 3.05) is 17.7 Å². The maximum atomic E-state index is 4.32. The lowest BCUT2D eigenvalue weighted by molar-refractivity contribution is 0.796. The van der Waals surface area contributed by atoms with Gasteiger partial charge in [-0.25, -0.2) is 14.6 Å². The molecule has 0 fully saturated rings. The van der Waals surface area contributed by atoms with Gasteiger partial charge in [0.25, 0.3) is 5.95 Å². The summed E-state index contributed by atoms with van der Waals surface area (Å²) in [5.74, 6) is 1.34. The van der Waals surface area contributed by atoms with Crippen molar-refractivity contribution in [2.24, 2.45) is 0 Å². The molecule has 0 saturated carbocycles. The van der Waals surface area contributed by atoms with E-state index in [1.165, 1.54) is 6.33 Å². The standard InChI is InChI=1S/C12H13N9/c1-13-10-18-11(15-7-9-3-5-14-8-16-9)20-12(19-10)21-6-2-4-17-21/h2-6,8H,7H2,1H3,(H2,13,15,18,19,20). The normalized spacial score (nSPS) is 10.3. The molecule has 9 nitrogen and oxygen atoms in total. The molecule has 0 aliphatic carbocycles. The van der Waals surface area contributed by atoms with Gasteiger partial charge in [-0.3, -0.25) is 0 Å². The van der Waals surface area contributed by atoms with E-state index in [4.69, 9.17) is 0 Å². The van der Waals surface area contributed by atoms with Crippen LogP contribution in [0.25, 0.3) is 5.95 Å². The minimum atomic E-state index is 0.435. The summed E-state index contributed by atoms with van der Waals surface area (Å²) in [4.78, 5) is 20.8. The molecule has 3 heterocycles. The molecule has 3 aromatic rings. The number of anilines is 2. The van der Waals surface area contributed by atoms with Crippen LogP contribution in [0.5, 0.6) is 0 Å². The van der Waals surface area contributed by atoms with Crippen LogP contribution in [0.15, 0.2) is 37.1 Å². The van der Waals surface area contributed by atoms with E-state index in [9.17, 15) is 0 Å². The second-order valence-corrected chi connectivity index (χ2v) is 4.04. The van der Waals surface area contributed by atoms with Crippen molar-refractivity contribution in [1.29, 1.82) is 0 Å². The summed E-state index contributed by atoms with van der Waals surface area (Å²) < 4.78 is 1.57. The Labute approximate surface area is 120 Å². The van der Waals surface area contributed by atoms with Crippen LogP contribution in [0, 0.1) is 0 Å². The highest BCUT2D eigenvalue weighted by molar-refractivity contribution is 5.37. The van der Waals surface area contributed by atoms with Gasteiger partial charge in [0.1, 0.15) is 6.33 Å². The van der Waals surface area contributed by atoms with Crippen LogP contribution < -0.4 is 10.6 Å². The largest absolute Gasteiger partial charge is 0.357 e. The summed E-state index contributed by atoms with van der Waals surface area (Å²) in [6, 6.07) is 3.62. The van der Waals surface area contributed by atoms with Gasteiger partial charge in [0, 0.05) is 25.6 Å². The molecule has 0 aromatic carbocycles. The van der Waals surface area contributed by atoms with Gasteiger partial charge >= 0.3 is 0 Å². The molecular formula is C12H13N9. The lowest BCUT2D eigenvalue weighted by Gasteiger charge is -2.08. The van der Waals surface area contributed by atoms with Gasteiger partial charge in [0.2, 0.25) is 11.9 Å². The van der Waals surface area contributed by atoms with Crippen molar-refractivity contribution in [3.63, 3.8) is 0 Å². The van der Waals surface area contributed by atoms with Gasteiger partial charge < -0.3 is 10.6 Å². The van der Waals surface area contributed by atoms with E-state index in [2.05, 4.69) is 40.7 Å². The van der Waals surface area contributed by atoms with Crippen molar-refractivity contribution in [3.8, 4) is 5.95 Å². The average Bonchev–Trinajstić information content (AvgIpc) is 3.08. The summed E-state index contributed by atoms with van der Waals surface area (Å²) in [5, 5.41) is 10.1. The van der Waals surface area contributed by atoms with Crippen molar-refractivity contribution in [3.05, 3.63) is 42.7 Å². The molecule has 0 amide bonds.